The van der Waals surface area contributed by atoms with Gasteiger partial charge in [0.15, 0.2) is 5.69 Å². The quantitative estimate of drug-likeness (QED) is 0.331. The second-order valence-corrected chi connectivity index (χ2v) is 8.34. The lowest BCUT2D eigenvalue weighted by atomic mass is 9.93. The predicted molar refractivity (Wildman–Crippen MR) is 120 cm³/mol. The second-order valence-electron chi connectivity index (χ2n) is 7.93. The van der Waals surface area contributed by atoms with Crippen LogP contribution < -0.4 is 0 Å². The molecule has 0 radical (unpaired) electrons. The second kappa shape index (κ2) is 10.0. The third-order valence-electron chi connectivity index (χ3n) is 5.53. The van der Waals surface area contributed by atoms with Gasteiger partial charge in [-0.3, -0.25) is 10.00 Å². The van der Waals surface area contributed by atoms with E-state index in [2.05, 4.69) is 22.0 Å². The third-order valence-corrected chi connectivity index (χ3v) is 5.86. The van der Waals surface area contributed by atoms with Crippen molar-refractivity contribution in [1.29, 1.82) is 0 Å². The van der Waals surface area contributed by atoms with E-state index in [-0.39, 0.29) is 27.9 Å². The van der Waals surface area contributed by atoms with Crippen LogP contribution in [0.15, 0.2) is 36.4 Å². The highest BCUT2D eigenvalue weighted by Crippen LogP contribution is 2.44. The van der Waals surface area contributed by atoms with E-state index in [1.165, 1.54) is 18.2 Å². The molecule has 1 aliphatic rings. The zero-order valence-corrected chi connectivity index (χ0v) is 19.2. The van der Waals surface area contributed by atoms with Crippen LogP contribution in [0.3, 0.4) is 0 Å². The molecule has 12 heteroatoms. The highest BCUT2D eigenvalue weighted by molar-refractivity contribution is 6.31. The zero-order valence-electron chi connectivity index (χ0n) is 18.4. The van der Waals surface area contributed by atoms with Gasteiger partial charge in [-0.2, -0.15) is 31.4 Å². The van der Waals surface area contributed by atoms with Gasteiger partial charge in [0.05, 0.1) is 36.0 Å². The van der Waals surface area contributed by atoms with Crippen LogP contribution in [0.25, 0.3) is 22.4 Å². The summed E-state index contributed by atoms with van der Waals surface area (Å²) >= 11 is 5.74. The number of rotatable bonds is 3. The fourth-order valence-electron chi connectivity index (χ4n) is 3.71. The molecule has 3 aromatic rings. The number of halogens is 7. The summed E-state index contributed by atoms with van der Waals surface area (Å²) in [6, 6.07) is 6.53. The highest BCUT2D eigenvalue weighted by atomic mass is 35.5. The van der Waals surface area contributed by atoms with E-state index in [1.54, 1.807) is 0 Å². The molecule has 0 atom stereocenters. The number of alkyl halides is 6. The summed E-state index contributed by atoms with van der Waals surface area (Å²) in [5, 5.41) is 16.0. The fraction of sp³-hybridized carbons (Fsp3) is 0.292. The lowest BCUT2D eigenvalue weighted by Gasteiger charge is -2.24. The highest BCUT2D eigenvalue weighted by Gasteiger charge is 2.35. The summed E-state index contributed by atoms with van der Waals surface area (Å²) in [5.74, 6) is 5.25. The van der Waals surface area contributed by atoms with Crippen LogP contribution in [0, 0.1) is 11.8 Å². The van der Waals surface area contributed by atoms with E-state index >= 15 is 0 Å². The first-order chi connectivity index (χ1) is 16.9. The Labute approximate surface area is 206 Å². The average Bonchev–Trinajstić information content (AvgIpc) is 3.31. The Balaban J connectivity index is 1.82. The van der Waals surface area contributed by atoms with Crippen LogP contribution in [0.4, 0.5) is 26.3 Å². The van der Waals surface area contributed by atoms with E-state index in [4.69, 9.17) is 16.3 Å². The third kappa shape index (κ3) is 5.61. The first-order valence-corrected chi connectivity index (χ1v) is 11.0. The van der Waals surface area contributed by atoms with E-state index in [9.17, 15) is 31.4 Å². The topological polar surface area (TPSA) is 61.4 Å². The van der Waals surface area contributed by atoms with Crippen LogP contribution in [0.5, 0.6) is 5.75 Å². The Bertz CT molecular complexity index is 1320. The minimum absolute atomic E-state index is 0.0580. The molecule has 1 saturated heterocycles. The monoisotopic (exact) mass is 529 g/mol. The van der Waals surface area contributed by atoms with Crippen molar-refractivity contribution in [3.05, 3.63) is 58.2 Å². The molecule has 0 amide bonds. The number of H-pyrrole nitrogens is 1. The molecule has 0 saturated carbocycles. The molecule has 2 aromatic carbocycles. The Morgan fingerprint density at radius 2 is 1.75 bits per heavy atom. The van der Waals surface area contributed by atoms with E-state index in [0.29, 0.717) is 38.9 Å². The standard InChI is InChI=1S/C24H18ClF6N3O2/c25-18-6-4-15(12-17(18)23(26,27)28)21-14(2-1-7-34-8-10-36-11-9-34)3-5-16(22(21)35)19-13-20(33-32-19)24(29,30)31/h3-6,12-13,35H,7-11H2,(H,32,33). The maximum absolute atomic E-state index is 13.5. The molecule has 0 bridgehead atoms. The minimum atomic E-state index is -4.77. The van der Waals surface area contributed by atoms with Crippen LogP contribution in [0.1, 0.15) is 16.8 Å². The van der Waals surface area contributed by atoms with Gasteiger partial charge in [-0.05, 0) is 35.9 Å². The van der Waals surface area contributed by atoms with Crippen molar-refractivity contribution in [2.24, 2.45) is 0 Å². The maximum atomic E-state index is 13.5. The summed E-state index contributed by atoms with van der Waals surface area (Å²) in [6.07, 6.45) is -9.50. The number of phenols is 1. The van der Waals surface area contributed by atoms with Crippen LogP contribution >= 0.6 is 11.6 Å². The summed E-state index contributed by atoms with van der Waals surface area (Å²) in [5.41, 5.74) is -2.53. The number of phenolic OH excluding ortho intramolecular Hbond substituents is 1. The van der Waals surface area contributed by atoms with Crippen molar-refractivity contribution >= 4 is 11.6 Å². The number of aromatic nitrogens is 2. The number of aromatic hydroxyl groups is 1. The molecule has 2 N–H and O–H groups in total. The van der Waals surface area contributed by atoms with Crippen molar-refractivity contribution in [3.8, 4) is 40.0 Å². The van der Waals surface area contributed by atoms with E-state index in [1.807, 2.05) is 4.90 Å². The number of aromatic amines is 1. The molecular formula is C24H18ClF6N3O2. The predicted octanol–water partition coefficient (Wildman–Crippen LogP) is 5.82. The van der Waals surface area contributed by atoms with E-state index < -0.39 is 34.4 Å². The smallest absolute Gasteiger partial charge is 0.435 e. The van der Waals surface area contributed by atoms with Crippen LogP contribution in [-0.4, -0.2) is 53.1 Å². The Morgan fingerprint density at radius 3 is 2.39 bits per heavy atom. The number of nitrogens with zero attached hydrogens (tertiary/aromatic N) is 2. The van der Waals surface area contributed by atoms with Crippen molar-refractivity contribution in [2.75, 3.05) is 32.8 Å². The van der Waals surface area contributed by atoms with Gasteiger partial charge < -0.3 is 9.84 Å². The zero-order chi connectivity index (χ0) is 26.1. The van der Waals surface area contributed by atoms with Crippen molar-refractivity contribution in [3.63, 3.8) is 0 Å². The van der Waals surface area contributed by atoms with Gasteiger partial charge in [0.25, 0.3) is 0 Å². The van der Waals surface area contributed by atoms with Crippen LogP contribution in [-0.2, 0) is 17.1 Å². The minimum Gasteiger partial charge on any atom is -0.507 e. The number of ether oxygens (including phenoxy) is 1. The molecule has 1 aromatic heterocycles. The van der Waals surface area contributed by atoms with Gasteiger partial charge in [-0.1, -0.05) is 29.5 Å². The lowest BCUT2D eigenvalue weighted by Crippen LogP contribution is -2.36. The average molecular weight is 530 g/mol. The normalized spacial score (nSPS) is 15.0. The maximum Gasteiger partial charge on any atom is 0.435 e. The van der Waals surface area contributed by atoms with Gasteiger partial charge in [0.2, 0.25) is 0 Å². The van der Waals surface area contributed by atoms with E-state index in [0.717, 1.165) is 12.1 Å². The number of benzene rings is 2. The summed E-state index contributed by atoms with van der Waals surface area (Å²) in [6.45, 7) is 2.79. The molecule has 4 rings (SSSR count). The molecule has 5 nitrogen and oxygen atoms in total. The van der Waals surface area contributed by atoms with Gasteiger partial charge >= 0.3 is 12.4 Å². The van der Waals surface area contributed by atoms with Crippen molar-refractivity contribution in [2.45, 2.75) is 12.4 Å². The lowest BCUT2D eigenvalue weighted by molar-refractivity contribution is -0.141. The summed E-state index contributed by atoms with van der Waals surface area (Å²) < 4.78 is 84.8. The molecule has 36 heavy (non-hydrogen) atoms. The van der Waals surface area contributed by atoms with Gasteiger partial charge in [-0.25, -0.2) is 0 Å². The van der Waals surface area contributed by atoms with Crippen LogP contribution in [0.2, 0.25) is 5.02 Å². The van der Waals surface area contributed by atoms with Gasteiger partial charge in [-0.15, -0.1) is 0 Å². The Kier molecular flexibility index (Phi) is 7.22. The summed E-state index contributed by atoms with van der Waals surface area (Å²) in [4.78, 5) is 2.03. The number of morpholine rings is 1. The largest absolute Gasteiger partial charge is 0.507 e. The molecule has 0 aliphatic carbocycles. The molecule has 0 spiro atoms. The van der Waals surface area contributed by atoms with Crippen molar-refractivity contribution < 1.29 is 36.2 Å². The number of hydrogen-bond acceptors (Lipinski definition) is 4. The molecule has 1 aliphatic heterocycles. The summed E-state index contributed by atoms with van der Waals surface area (Å²) in [7, 11) is 0. The molecule has 2 heterocycles. The molecular weight excluding hydrogens is 512 g/mol. The Morgan fingerprint density at radius 1 is 1.03 bits per heavy atom. The SMILES string of the molecule is Oc1c(-c2cc(C(F)(F)F)n[nH]2)ccc(C#CCN2CCOCC2)c1-c1ccc(Cl)c(C(F)(F)F)c1. The fourth-order valence-corrected chi connectivity index (χ4v) is 3.94. The molecule has 0 unspecified atom stereocenters. The number of nitrogens with one attached hydrogen (secondary N) is 1. The first-order valence-electron chi connectivity index (χ1n) is 10.6. The molecule has 1 fully saturated rings. The molecule has 190 valence electrons. The van der Waals surface area contributed by atoms with Crippen molar-refractivity contribution in [1.82, 2.24) is 15.1 Å². The number of hydrogen-bond donors (Lipinski definition) is 2. The first kappa shape index (κ1) is 25.9. The Hall–Kier alpha value is -3.20. The van der Waals surface area contributed by atoms with Gasteiger partial charge in [0.1, 0.15) is 5.75 Å². The van der Waals surface area contributed by atoms with Gasteiger partial charge in [0, 0.05) is 29.8 Å².